The Bertz CT molecular complexity index is 599. The van der Waals surface area contributed by atoms with Crippen molar-refractivity contribution in [2.45, 2.75) is 33.7 Å². The molecule has 0 bridgehead atoms. The van der Waals surface area contributed by atoms with Gasteiger partial charge in [-0.05, 0) is 56.1 Å². The molecule has 0 fully saturated rings. The average molecular weight is 283 g/mol. The van der Waals surface area contributed by atoms with Crippen LogP contribution in [-0.4, -0.2) is 13.7 Å². The summed E-state index contributed by atoms with van der Waals surface area (Å²) in [5.41, 5.74) is 6.49. The molecule has 0 amide bonds. The maximum absolute atomic E-state index is 5.31. The van der Waals surface area contributed by atoms with E-state index in [9.17, 15) is 0 Å². The number of methoxy groups -OCH3 is 1. The van der Waals surface area contributed by atoms with Gasteiger partial charge in [-0.25, -0.2) is 0 Å². The maximum atomic E-state index is 5.31. The first-order chi connectivity index (χ1) is 10.0. The molecule has 0 saturated carbocycles. The van der Waals surface area contributed by atoms with E-state index < -0.39 is 0 Å². The summed E-state index contributed by atoms with van der Waals surface area (Å²) in [6.45, 7) is 9.53. The number of nitrogens with one attached hydrogen (secondary N) is 1. The van der Waals surface area contributed by atoms with E-state index in [1.54, 1.807) is 7.11 Å². The Morgan fingerprint density at radius 1 is 1.00 bits per heavy atom. The number of benzene rings is 2. The minimum atomic E-state index is 0.222. The Balaban J connectivity index is 2.47. The van der Waals surface area contributed by atoms with Crippen molar-refractivity contribution in [2.24, 2.45) is 0 Å². The summed E-state index contributed by atoms with van der Waals surface area (Å²) in [5, 5.41) is 3.61. The molecule has 2 rings (SSSR count). The van der Waals surface area contributed by atoms with E-state index in [-0.39, 0.29) is 6.04 Å². The second-order valence-electron chi connectivity index (χ2n) is 5.63. The fourth-order valence-corrected chi connectivity index (χ4v) is 2.89. The predicted octanol–water partition coefficient (Wildman–Crippen LogP) is 4.32. The van der Waals surface area contributed by atoms with Crippen LogP contribution in [0.3, 0.4) is 0 Å². The summed E-state index contributed by atoms with van der Waals surface area (Å²) < 4.78 is 5.31. The van der Waals surface area contributed by atoms with Gasteiger partial charge in [0, 0.05) is 0 Å². The van der Waals surface area contributed by atoms with Crippen LogP contribution in [0, 0.1) is 20.8 Å². The Hall–Kier alpha value is -1.80. The fraction of sp³-hybridized carbons (Fsp3) is 0.368. The highest BCUT2D eigenvalue weighted by Crippen LogP contribution is 2.28. The molecule has 2 nitrogen and oxygen atoms in total. The lowest BCUT2D eigenvalue weighted by Crippen LogP contribution is -2.23. The first-order valence-corrected chi connectivity index (χ1v) is 7.51. The van der Waals surface area contributed by atoms with Crippen molar-refractivity contribution in [3.8, 4) is 5.75 Å². The molecule has 2 aromatic carbocycles. The largest absolute Gasteiger partial charge is 0.497 e. The second-order valence-corrected chi connectivity index (χ2v) is 5.63. The molecule has 21 heavy (non-hydrogen) atoms. The van der Waals surface area contributed by atoms with Gasteiger partial charge >= 0.3 is 0 Å². The summed E-state index contributed by atoms with van der Waals surface area (Å²) in [6, 6.07) is 13.3. The van der Waals surface area contributed by atoms with Crippen molar-refractivity contribution in [3.63, 3.8) is 0 Å². The van der Waals surface area contributed by atoms with Gasteiger partial charge in [0.2, 0.25) is 0 Å². The van der Waals surface area contributed by atoms with Crippen LogP contribution >= 0.6 is 0 Å². The highest BCUT2D eigenvalue weighted by Gasteiger charge is 2.16. The molecule has 1 N–H and O–H groups in total. The normalized spacial score (nSPS) is 12.2. The van der Waals surface area contributed by atoms with Crippen molar-refractivity contribution in [1.29, 1.82) is 0 Å². The van der Waals surface area contributed by atoms with Gasteiger partial charge in [-0.1, -0.05) is 42.3 Å². The van der Waals surface area contributed by atoms with Crippen molar-refractivity contribution >= 4 is 0 Å². The molecule has 0 saturated heterocycles. The van der Waals surface area contributed by atoms with Crippen molar-refractivity contribution in [3.05, 3.63) is 64.2 Å². The van der Waals surface area contributed by atoms with E-state index in [4.69, 9.17) is 4.74 Å². The van der Waals surface area contributed by atoms with E-state index in [0.717, 1.165) is 12.3 Å². The Morgan fingerprint density at radius 2 is 1.67 bits per heavy atom. The molecule has 0 aromatic heterocycles. The minimum absolute atomic E-state index is 0.222. The van der Waals surface area contributed by atoms with E-state index in [1.165, 1.54) is 27.8 Å². The summed E-state index contributed by atoms with van der Waals surface area (Å²) >= 11 is 0. The lowest BCUT2D eigenvalue weighted by atomic mass is 9.92. The molecule has 0 aliphatic heterocycles. The quantitative estimate of drug-likeness (QED) is 0.882. The Morgan fingerprint density at radius 3 is 2.19 bits per heavy atom. The summed E-state index contributed by atoms with van der Waals surface area (Å²) in [7, 11) is 1.71. The molecular formula is C19H25NO. The van der Waals surface area contributed by atoms with Crippen LogP contribution in [0.4, 0.5) is 0 Å². The van der Waals surface area contributed by atoms with Crippen LogP contribution in [0.1, 0.15) is 40.8 Å². The Kier molecular flexibility index (Phi) is 5.03. The summed E-state index contributed by atoms with van der Waals surface area (Å²) in [4.78, 5) is 0. The van der Waals surface area contributed by atoms with Gasteiger partial charge in [0.25, 0.3) is 0 Å². The second kappa shape index (κ2) is 6.77. The van der Waals surface area contributed by atoms with E-state index >= 15 is 0 Å². The highest BCUT2D eigenvalue weighted by molar-refractivity contribution is 5.43. The van der Waals surface area contributed by atoms with Gasteiger partial charge in [0.05, 0.1) is 13.2 Å². The molecule has 0 radical (unpaired) electrons. The highest BCUT2D eigenvalue weighted by atomic mass is 16.5. The third kappa shape index (κ3) is 3.64. The minimum Gasteiger partial charge on any atom is -0.497 e. The van der Waals surface area contributed by atoms with Crippen LogP contribution < -0.4 is 10.1 Å². The van der Waals surface area contributed by atoms with Gasteiger partial charge in [-0.15, -0.1) is 0 Å². The molecular weight excluding hydrogens is 258 g/mol. The molecule has 1 atom stereocenters. The lowest BCUT2D eigenvalue weighted by Gasteiger charge is -2.22. The standard InChI is InChI=1S/C19H25NO/c1-6-20-19(16-10-13(2)9-14(3)11-16)18-8-7-17(21-5)12-15(18)4/h7-12,19-20H,6H2,1-5H3. The fourth-order valence-electron chi connectivity index (χ4n) is 2.89. The van der Waals surface area contributed by atoms with Crippen LogP contribution in [-0.2, 0) is 0 Å². The lowest BCUT2D eigenvalue weighted by molar-refractivity contribution is 0.414. The zero-order valence-corrected chi connectivity index (χ0v) is 13.7. The molecule has 0 aliphatic carbocycles. The van der Waals surface area contributed by atoms with Gasteiger partial charge in [0.15, 0.2) is 0 Å². The first-order valence-electron chi connectivity index (χ1n) is 7.51. The topological polar surface area (TPSA) is 21.3 Å². The Labute approximate surface area is 128 Å². The van der Waals surface area contributed by atoms with Crippen LogP contribution in [0.5, 0.6) is 5.75 Å². The molecule has 0 heterocycles. The smallest absolute Gasteiger partial charge is 0.119 e. The monoisotopic (exact) mass is 283 g/mol. The van der Waals surface area contributed by atoms with Crippen LogP contribution in [0.15, 0.2) is 36.4 Å². The van der Waals surface area contributed by atoms with Gasteiger partial charge in [-0.2, -0.15) is 0 Å². The molecule has 0 aliphatic rings. The van der Waals surface area contributed by atoms with Crippen molar-refractivity contribution < 1.29 is 4.74 Å². The van der Waals surface area contributed by atoms with Gasteiger partial charge < -0.3 is 10.1 Å². The zero-order valence-electron chi connectivity index (χ0n) is 13.7. The number of ether oxygens (including phenoxy) is 1. The molecule has 0 spiro atoms. The maximum Gasteiger partial charge on any atom is 0.119 e. The first kappa shape index (κ1) is 15.6. The van der Waals surface area contributed by atoms with Gasteiger partial charge in [-0.3, -0.25) is 0 Å². The SMILES string of the molecule is CCNC(c1cc(C)cc(C)c1)c1ccc(OC)cc1C. The van der Waals surface area contributed by atoms with Crippen LogP contribution in [0.25, 0.3) is 0 Å². The van der Waals surface area contributed by atoms with Crippen molar-refractivity contribution in [1.82, 2.24) is 5.32 Å². The summed E-state index contributed by atoms with van der Waals surface area (Å²) in [6.07, 6.45) is 0. The van der Waals surface area contributed by atoms with E-state index in [0.29, 0.717) is 0 Å². The van der Waals surface area contributed by atoms with Gasteiger partial charge in [0.1, 0.15) is 5.75 Å². The van der Waals surface area contributed by atoms with Crippen molar-refractivity contribution in [2.75, 3.05) is 13.7 Å². The number of hydrogen-bond acceptors (Lipinski definition) is 2. The van der Waals surface area contributed by atoms with Crippen LogP contribution in [0.2, 0.25) is 0 Å². The number of rotatable bonds is 5. The van der Waals surface area contributed by atoms with E-state index in [2.05, 4.69) is 63.3 Å². The number of hydrogen-bond donors (Lipinski definition) is 1. The average Bonchev–Trinajstić information content (AvgIpc) is 2.44. The predicted molar refractivity (Wildman–Crippen MR) is 89.2 cm³/mol. The third-order valence-electron chi connectivity index (χ3n) is 3.77. The summed E-state index contributed by atoms with van der Waals surface area (Å²) in [5.74, 6) is 0.909. The molecule has 112 valence electrons. The van der Waals surface area contributed by atoms with E-state index in [1.807, 2.05) is 6.07 Å². The molecule has 2 heteroatoms. The molecule has 2 aromatic rings. The molecule has 1 unspecified atom stereocenters. The third-order valence-corrected chi connectivity index (χ3v) is 3.77. The zero-order chi connectivity index (χ0) is 15.4. The number of aryl methyl sites for hydroxylation is 3.